The summed E-state index contributed by atoms with van der Waals surface area (Å²) in [6.45, 7) is 0. The monoisotopic (exact) mass is 262 g/mol. The van der Waals surface area contributed by atoms with Gasteiger partial charge in [0.2, 0.25) is 9.05 Å². The predicted molar refractivity (Wildman–Crippen MR) is 69.2 cm³/mol. The third kappa shape index (κ3) is 7.07. The van der Waals surface area contributed by atoms with Gasteiger partial charge in [0.15, 0.2) is 0 Å². The zero-order valence-corrected chi connectivity index (χ0v) is 11.1. The Hall–Kier alpha value is -0.280. The molecule has 0 radical (unpaired) electrons. The largest absolute Gasteiger partial charge is 0.232 e. The van der Waals surface area contributed by atoms with E-state index in [9.17, 15) is 8.42 Å². The number of halogens is 1. The van der Waals surface area contributed by atoms with Gasteiger partial charge in [0.1, 0.15) is 0 Å². The van der Waals surface area contributed by atoms with E-state index < -0.39 is 9.05 Å². The van der Waals surface area contributed by atoms with Crippen molar-refractivity contribution in [3.8, 4) is 0 Å². The van der Waals surface area contributed by atoms with Crippen molar-refractivity contribution in [2.75, 3.05) is 5.75 Å². The van der Waals surface area contributed by atoms with E-state index in [4.69, 9.17) is 10.7 Å². The zero-order valence-electron chi connectivity index (χ0n) is 9.49. The molecule has 0 N–H and O–H groups in total. The van der Waals surface area contributed by atoms with Crippen LogP contribution in [0.15, 0.2) is 23.8 Å². The van der Waals surface area contributed by atoms with Crippen LogP contribution in [0.4, 0.5) is 0 Å². The van der Waals surface area contributed by atoms with Crippen LogP contribution in [0.2, 0.25) is 0 Å². The Bertz CT molecular complexity index is 355. The second-order valence-corrected chi connectivity index (χ2v) is 7.06. The van der Waals surface area contributed by atoms with Crippen LogP contribution in [0.3, 0.4) is 0 Å². The summed E-state index contributed by atoms with van der Waals surface area (Å²) in [4.78, 5) is 0. The van der Waals surface area contributed by atoms with Gasteiger partial charge in [-0.2, -0.15) is 0 Å². The van der Waals surface area contributed by atoms with Crippen LogP contribution in [0.25, 0.3) is 0 Å². The van der Waals surface area contributed by atoms with E-state index in [1.807, 2.05) is 0 Å². The molecule has 0 aromatic heterocycles. The van der Waals surface area contributed by atoms with E-state index >= 15 is 0 Å². The fourth-order valence-corrected chi connectivity index (χ4v) is 2.69. The maximum Gasteiger partial charge on any atom is 0.232 e. The molecule has 0 aliphatic heterocycles. The second kappa shape index (κ2) is 7.13. The predicted octanol–water partition coefficient (Wildman–Crippen LogP) is 3.78. The molecule has 0 spiro atoms. The number of hydrogen-bond acceptors (Lipinski definition) is 2. The fraction of sp³-hybridized carbons (Fsp3) is 0.667. The Labute approximate surface area is 103 Å². The van der Waals surface area contributed by atoms with Crippen molar-refractivity contribution in [1.82, 2.24) is 0 Å². The van der Waals surface area contributed by atoms with Gasteiger partial charge in [-0.1, -0.05) is 36.6 Å². The Kier molecular flexibility index (Phi) is 6.14. The van der Waals surface area contributed by atoms with Crippen LogP contribution in [0, 0.1) is 0 Å². The molecule has 92 valence electrons. The average molecular weight is 263 g/mol. The number of rotatable bonds is 7. The minimum atomic E-state index is -3.28. The standard InChI is InChI=1S/C12H19ClO2S/c13-16(14,15)11-7-2-1-4-8-12-9-5-3-6-10-12/h5,9-10H,1-4,6-8,11H2. The molecule has 0 heterocycles. The topological polar surface area (TPSA) is 34.1 Å². The first-order chi connectivity index (χ1) is 7.58. The lowest BCUT2D eigenvalue weighted by atomic mass is 10.0. The van der Waals surface area contributed by atoms with Crippen LogP contribution >= 0.6 is 10.7 Å². The van der Waals surface area contributed by atoms with E-state index in [-0.39, 0.29) is 5.75 Å². The summed E-state index contributed by atoms with van der Waals surface area (Å²) in [5, 5.41) is 0. The molecule has 0 fully saturated rings. The number of unbranched alkanes of at least 4 members (excludes halogenated alkanes) is 3. The van der Waals surface area contributed by atoms with Gasteiger partial charge in [-0.15, -0.1) is 0 Å². The molecule has 0 saturated carbocycles. The SMILES string of the molecule is O=S(=O)(Cl)CCCCCCC1=CCCC=C1. The van der Waals surface area contributed by atoms with Gasteiger partial charge < -0.3 is 0 Å². The third-order valence-corrected chi connectivity index (χ3v) is 3.91. The Balaban J connectivity index is 2.00. The highest BCUT2D eigenvalue weighted by Gasteiger charge is 2.04. The lowest BCUT2D eigenvalue weighted by Crippen LogP contribution is -1.96. The molecule has 16 heavy (non-hydrogen) atoms. The first-order valence-electron chi connectivity index (χ1n) is 5.86. The summed E-state index contributed by atoms with van der Waals surface area (Å²) >= 11 is 0. The number of allylic oxidation sites excluding steroid dienone is 4. The summed E-state index contributed by atoms with van der Waals surface area (Å²) < 4.78 is 21.3. The molecule has 4 heteroatoms. The van der Waals surface area contributed by atoms with Crippen molar-refractivity contribution in [2.45, 2.75) is 44.9 Å². The quantitative estimate of drug-likeness (QED) is 0.517. The van der Waals surface area contributed by atoms with Gasteiger partial charge in [-0.3, -0.25) is 0 Å². The first-order valence-corrected chi connectivity index (χ1v) is 8.34. The van der Waals surface area contributed by atoms with Crippen molar-refractivity contribution in [1.29, 1.82) is 0 Å². The van der Waals surface area contributed by atoms with Crippen LogP contribution in [-0.2, 0) is 9.05 Å². The molecule has 1 aliphatic carbocycles. The molecular weight excluding hydrogens is 244 g/mol. The molecule has 0 saturated heterocycles. The summed E-state index contributed by atoms with van der Waals surface area (Å²) in [5.41, 5.74) is 1.43. The van der Waals surface area contributed by atoms with Crippen molar-refractivity contribution in [2.24, 2.45) is 0 Å². The first kappa shape index (κ1) is 13.8. The van der Waals surface area contributed by atoms with Gasteiger partial charge in [-0.25, -0.2) is 8.42 Å². The maximum absolute atomic E-state index is 10.7. The third-order valence-electron chi connectivity index (χ3n) is 2.68. The molecule has 0 bridgehead atoms. The van der Waals surface area contributed by atoms with E-state index in [0.717, 1.165) is 38.5 Å². The van der Waals surface area contributed by atoms with E-state index in [2.05, 4.69) is 18.2 Å². The van der Waals surface area contributed by atoms with Crippen molar-refractivity contribution >= 4 is 19.7 Å². The van der Waals surface area contributed by atoms with Crippen LogP contribution in [-0.4, -0.2) is 14.2 Å². The minimum Gasteiger partial charge on any atom is -0.212 e. The van der Waals surface area contributed by atoms with Gasteiger partial charge in [0, 0.05) is 10.7 Å². The van der Waals surface area contributed by atoms with Gasteiger partial charge in [0.05, 0.1) is 5.75 Å². The average Bonchev–Trinajstić information content (AvgIpc) is 2.23. The summed E-state index contributed by atoms with van der Waals surface area (Å²) in [6, 6.07) is 0. The molecule has 0 aromatic carbocycles. The van der Waals surface area contributed by atoms with Crippen LogP contribution < -0.4 is 0 Å². The molecule has 0 amide bonds. The highest BCUT2D eigenvalue weighted by molar-refractivity contribution is 8.13. The summed E-state index contributed by atoms with van der Waals surface area (Å²) in [5.74, 6) is 0.108. The zero-order chi connectivity index (χ0) is 11.9. The van der Waals surface area contributed by atoms with Crippen LogP contribution in [0.1, 0.15) is 44.9 Å². The summed E-state index contributed by atoms with van der Waals surface area (Å²) in [6.07, 6.45) is 14.0. The molecule has 0 unspecified atom stereocenters. The fourth-order valence-electron chi connectivity index (χ4n) is 1.81. The highest BCUT2D eigenvalue weighted by Crippen LogP contribution is 2.17. The normalized spacial score (nSPS) is 16.2. The van der Waals surface area contributed by atoms with E-state index in [1.54, 1.807) is 0 Å². The van der Waals surface area contributed by atoms with Crippen LogP contribution in [0.5, 0.6) is 0 Å². The van der Waals surface area contributed by atoms with Crippen molar-refractivity contribution < 1.29 is 8.42 Å². The molecule has 1 rings (SSSR count). The summed E-state index contributed by atoms with van der Waals surface area (Å²) in [7, 11) is 1.84. The lowest BCUT2D eigenvalue weighted by Gasteiger charge is -2.06. The molecular formula is C12H19ClO2S. The van der Waals surface area contributed by atoms with Crippen molar-refractivity contribution in [3.63, 3.8) is 0 Å². The van der Waals surface area contributed by atoms with Gasteiger partial charge >= 0.3 is 0 Å². The molecule has 2 nitrogen and oxygen atoms in total. The lowest BCUT2D eigenvalue weighted by molar-refractivity contribution is 0.600. The molecule has 0 atom stereocenters. The Morgan fingerprint density at radius 2 is 1.88 bits per heavy atom. The van der Waals surface area contributed by atoms with E-state index in [0.29, 0.717) is 6.42 Å². The molecule has 1 aliphatic rings. The van der Waals surface area contributed by atoms with Gasteiger partial charge in [0.25, 0.3) is 0 Å². The minimum absolute atomic E-state index is 0.108. The van der Waals surface area contributed by atoms with Gasteiger partial charge in [-0.05, 0) is 32.1 Å². The Morgan fingerprint density at radius 1 is 1.12 bits per heavy atom. The second-order valence-electron chi connectivity index (χ2n) is 4.17. The van der Waals surface area contributed by atoms with E-state index in [1.165, 1.54) is 5.57 Å². The molecule has 0 aromatic rings. The highest BCUT2D eigenvalue weighted by atomic mass is 35.7. The smallest absolute Gasteiger partial charge is 0.212 e. The van der Waals surface area contributed by atoms with Crippen molar-refractivity contribution in [3.05, 3.63) is 23.8 Å². The maximum atomic E-state index is 10.7. The Morgan fingerprint density at radius 3 is 2.50 bits per heavy atom. The number of hydrogen-bond donors (Lipinski definition) is 0.